The number of allylic oxidation sites excluding steroid dienone is 2. The Morgan fingerprint density at radius 1 is 0.630 bits per heavy atom. The summed E-state index contributed by atoms with van der Waals surface area (Å²) >= 11 is 0. The quantitative estimate of drug-likeness (QED) is 0.0620. The van der Waals surface area contributed by atoms with Crippen LogP contribution >= 0.6 is 0 Å². The van der Waals surface area contributed by atoms with Crippen molar-refractivity contribution in [1.29, 1.82) is 0 Å². The minimum absolute atomic E-state index is 0.0227. The Hall–Kier alpha value is -6.67. The summed E-state index contributed by atoms with van der Waals surface area (Å²) in [5, 5.41) is 0. The van der Waals surface area contributed by atoms with Gasteiger partial charge in [-0.15, -0.1) is 0 Å². The molecule has 2 atom stereocenters. The SMILES string of the molecule is CC=C1CC2C=Nc3cc(OCc4cc(OCCN(CCOCCOCCOCCC(C)=O)C(=O)CCN(C)C)cc(COc5cc6c(cc5OC)C(=O)N5CC(=CC)CC5C=N6)n4)c(OC)cc3C(=O)N2C1. The number of hydrogen-bond donors (Lipinski definition) is 0. The highest BCUT2D eigenvalue weighted by atomic mass is 16.5. The largest absolute Gasteiger partial charge is 0.493 e. The van der Waals surface area contributed by atoms with E-state index in [0.717, 1.165) is 12.8 Å². The highest BCUT2D eigenvalue weighted by molar-refractivity contribution is 6.05. The van der Waals surface area contributed by atoms with Gasteiger partial charge in [-0.3, -0.25) is 34.1 Å². The van der Waals surface area contributed by atoms with Crippen LogP contribution in [0, 0.1) is 0 Å². The number of hydrogen-bond acceptors (Lipinski definition) is 16. The third kappa shape index (κ3) is 14.5. The van der Waals surface area contributed by atoms with E-state index in [1.165, 1.54) is 32.3 Å². The Balaban J connectivity index is 1.06. The van der Waals surface area contributed by atoms with Gasteiger partial charge in [-0.1, -0.05) is 23.3 Å². The zero-order chi connectivity index (χ0) is 51.9. The first kappa shape index (κ1) is 54.1. The van der Waals surface area contributed by atoms with Gasteiger partial charge in [0.1, 0.15) is 31.4 Å². The van der Waals surface area contributed by atoms with E-state index in [1.807, 2.05) is 67.2 Å². The van der Waals surface area contributed by atoms with E-state index in [4.69, 9.17) is 52.9 Å². The van der Waals surface area contributed by atoms with E-state index >= 15 is 0 Å². The molecule has 1 aromatic heterocycles. The Kier molecular flexibility index (Phi) is 19.5. The molecule has 0 radical (unpaired) electrons. The molecule has 2 saturated heterocycles. The van der Waals surface area contributed by atoms with Crippen molar-refractivity contribution in [2.75, 3.05) is 107 Å². The number of pyridine rings is 1. The Bertz CT molecular complexity index is 2440. The molecule has 0 N–H and O–H groups in total. The minimum atomic E-state index is -0.135. The molecule has 19 nitrogen and oxygen atoms in total. The molecule has 7 rings (SSSR count). The van der Waals surface area contributed by atoms with E-state index in [0.29, 0.717) is 141 Å². The Morgan fingerprint density at radius 2 is 1.12 bits per heavy atom. The van der Waals surface area contributed by atoms with Gasteiger partial charge in [0.05, 0.1) is 106 Å². The van der Waals surface area contributed by atoms with Crippen molar-refractivity contribution >= 4 is 47.3 Å². The van der Waals surface area contributed by atoms with Gasteiger partial charge < -0.3 is 57.5 Å². The molecular weight excluding hydrogens is 939 g/mol. The molecule has 5 heterocycles. The van der Waals surface area contributed by atoms with Crippen LogP contribution in [0.2, 0.25) is 0 Å². The van der Waals surface area contributed by atoms with E-state index in [-0.39, 0.29) is 62.0 Å². The van der Waals surface area contributed by atoms with Crippen molar-refractivity contribution < 1.29 is 57.1 Å². The first-order valence-corrected chi connectivity index (χ1v) is 24.8. The van der Waals surface area contributed by atoms with Crippen molar-refractivity contribution in [3.8, 4) is 28.7 Å². The van der Waals surface area contributed by atoms with Crippen LogP contribution in [0.3, 0.4) is 0 Å². The summed E-state index contributed by atoms with van der Waals surface area (Å²) in [7, 11) is 6.88. The van der Waals surface area contributed by atoms with Crippen LogP contribution in [0.4, 0.5) is 11.4 Å². The molecule has 3 amide bonds. The summed E-state index contributed by atoms with van der Waals surface area (Å²) in [6, 6.07) is 10.0. The number of fused-ring (bicyclic) bond motifs is 4. The fraction of sp³-hybridized carbons (Fsp3) is 0.500. The fourth-order valence-electron chi connectivity index (χ4n) is 8.73. The van der Waals surface area contributed by atoms with Crippen molar-refractivity contribution in [2.45, 2.75) is 71.8 Å². The van der Waals surface area contributed by atoms with E-state index in [1.54, 1.807) is 41.3 Å². The smallest absolute Gasteiger partial charge is 0.257 e. The molecule has 2 unspecified atom stereocenters. The second-order valence-corrected chi connectivity index (χ2v) is 18.3. The van der Waals surface area contributed by atoms with Crippen molar-refractivity contribution in [3.63, 3.8) is 0 Å². The molecule has 19 heteroatoms. The van der Waals surface area contributed by atoms with Gasteiger partial charge in [0.2, 0.25) is 5.91 Å². The lowest BCUT2D eigenvalue weighted by Gasteiger charge is -2.24. The molecule has 73 heavy (non-hydrogen) atoms. The van der Waals surface area contributed by atoms with Crippen LogP contribution in [0.15, 0.2) is 69.7 Å². The summed E-state index contributed by atoms with van der Waals surface area (Å²) in [6.45, 7) is 10.1. The normalized spacial score (nSPS) is 17.9. The zero-order valence-corrected chi connectivity index (χ0v) is 43.2. The summed E-state index contributed by atoms with van der Waals surface area (Å²) in [5.41, 5.74) is 5.17. The molecule has 3 aromatic rings. The van der Waals surface area contributed by atoms with Gasteiger partial charge in [-0.2, -0.15) is 0 Å². The number of methoxy groups -OCH3 is 2. The van der Waals surface area contributed by atoms with Gasteiger partial charge in [-0.05, 0) is 59.8 Å². The lowest BCUT2D eigenvalue weighted by atomic mass is 10.1. The predicted molar refractivity (Wildman–Crippen MR) is 275 cm³/mol. The van der Waals surface area contributed by atoms with Gasteiger partial charge in [0.15, 0.2) is 23.0 Å². The zero-order valence-electron chi connectivity index (χ0n) is 43.2. The fourth-order valence-corrected chi connectivity index (χ4v) is 8.73. The minimum Gasteiger partial charge on any atom is -0.493 e. The first-order valence-electron chi connectivity index (χ1n) is 24.8. The van der Waals surface area contributed by atoms with Crippen molar-refractivity contribution in [2.24, 2.45) is 9.98 Å². The number of nitrogens with zero attached hydrogens (tertiary/aromatic N) is 7. The van der Waals surface area contributed by atoms with E-state index in [2.05, 4.69) is 0 Å². The number of aromatic nitrogens is 1. The van der Waals surface area contributed by atoms with Crippen LogP contribution < -0.4 is 23.7 Å². The Labute approximate surface area is 427 Å². The number of carbonyl (C=O) groups is 4. The van der Waals surface area contributed by atoms with E-state index in [9.17, 15) is 19.2 Å². The van der Waals surface area contributed by atoms with Gasteiger partial charge in [-0.25, -0.2) is 0 Å². The molecule has 0 bridgehead atoms. The monoisotopic (exact) mass is 1010 g/mol. The number of ether oxygens (including phenoxy) is 8. The first-order chi connectivity index (χ1) is 35.4. The number of amides is 3. The predicted octanol–water partition coefficient (Wildman–Crippen LogP) is 6.20. The second kappa shape index (κ2) is 26.3. The van der Waals surface area contributed by atoms with Gasteiger partial charge >= 0.3 is 0 Å². The molecule has 392 valence electrons. The molecule has 0 saturated carbocycles. The molecule has 4 aliphatic rings. The number of benzene rings is 2. The lowest BCUT2D eigenvalue weighted by Crippen LogP contribution is -2.38. The van der Waals surface area contributed by atoms with Crippen LogP contribution in [0.1, 0.15) is 78.6 Å². The molecule has 2 fully saturated rings. The van der Waals surface area contributed by atoms with Crippen molar-refractivity contribution in [1.82, 2.24) is 24.6 Å². The maximum absolute atomic E-state index is 13.8. The van der Waals surface area contributed by atoms with Crippen LogP contribution in [0.5, 0.6) is 28.7 Å². The van der Waals surface area contributed by atoms with Crippen LogP contribution in [-0.4, -0.2) is 180 Å². The average Bonchev–Trinajstić information content (AvgIpc) is 3.96. The van der Waals surface area contributed by atoms with Gasteiger partial charge in [0, 0.05) is 75.7 Å². The molecular formula is C54H69N7O12. The van der Waals surface area contributed by atoms with E-state index < -0.39 is 0 Å². The summed E-state index contributed by atoms with van der Waals surface area (Å²) in [5.74, 6) is 1.73. The molecule has 0 aliphatic carbocycles. The van der Waals surface area contributed by atoms with Crippen LogP contribution in [0.25, 0.3) is 0 Å². The molecule has 0 spiro atoms. The lowest BCUT2D eigenvalue weighted by molar-refractivity contribution is -0.132. The number of rotatable bonds is 27. The highest BCUT2D eigenvalue weighted by Gasteiger charge is 2.36. The standard InChI is InChI=1S/C54H69N7O12/c1-8-37-22-41-30-55-46-28-50(48(66-6)26-44(46)53(64)60(41)32-37)72-34-39-24-43(71-17-14-59(52(63)10-12-58(4)5)13-16-69-19-21-70-20-18-68-15-11-36(3)62)25-40(57-39)35-73-51-29-47-45(27-49(51)67-7)54(65)61-33-38(9-2)23-42(61)31-56-47/h8-9,24-31,41-42H,10-23,32-35H2,1-7H3. The molecule has 2 aromatic carbocycles. The third-order valence-electron chi connectivity index (χ3n) is 12.9. The summed E-state index contributed by atoms with van der Waals surface area (Å²) in [6.07, 6.45) is 9.90. The summed E-state index contributed by atoms with van der Waals surface area (Å²) in [4.78, 5) is 73.8. The third-order valence-corrected chi connectivity index (χ3v) is 12.9. The summed E-state index contributed by atoms with van der Waals surface area (Å²) < 4.78 is 47.5. The van der Waals surface area contributed by atoms with Gasteiger partial charge in [0.25, 0.3) is 11.8 Å². The number of carbonyl (C=O) groups excluding carboxylic acids is 4. The number of ketones is 1. The highest BCUT2D eigenvalue weighted by Crippen LogP contribution is 2.41. The maximum Gasteiger partial charge on any atom is 0.257 e. The topological polar surface area (TPSA) is 193 Å². The Morgan fingerprint density at radius 3 is 1.60 bits per heavy atom. The number of Topliss-reactive ketones (excluding diaryl/α,β-unsaturated/α-hetero) is 1. The second-order valence-electron chi connectivity index (χ2n) is 18.3. The van der Waals surface area contributed by atoms with Crippen molar-refractivity contribution in [3.05, 3.63) is 82.2 Å². The average molecular weight is 1010 g/mol. The van der Waals surface area contributed by atoms with Crippen LogP contribution in [-0.2, 0) is 37.0 Å². The number of aliphatic imine (C=N–C) groups is 2. The maximum atomic E-state index is 13.8. The molecule has 4 aliphatic heterocycles.